The van der Waals surface area contributed by atoms with Crippen molar-refractivity contribution >= 4 is 56.8 Å². The summed E-state index contributed by atoms with van der Waals surface area (Å²) < 4.78 is 16.9. The van der Waals surface area contributed by atoms with Crippen LogP contribution in [0.3, 0.4) is 0 Å². The van der Waals surface area contributed by atoms with Gasteiger partial charge in [0.05, 0.1) is 22.9 Å². The van der Waals surface area contributed by atoms with Crippen molar-refractivity contribution in [1.29, 1.82) is 0 Å². The zero-order chi connectivity index (χ0) is 26.6. The van der Waals surface area contributed by atoms with Gasteiger partial charge in [0.1, 0.15) is 5.82 Å². The maximum atomic E-state index is 14.2. The van der Waals surface area contributed by atoms with Crippen molar-refractivity contribution in [3.05, 3.63) is 99.0 Å². The van der Waals surface area contributed by atoms with Gasteiger partial charge in [-0.25, -0.2) is 4.39 Å². The number of nitrogens with zero attached hydrogens (tertiary/aromatic N) is 4. The summed E-state index contributed by atoms with van der Waals surface area (Å²) in [5, 5.41) is 11.8. The molecular formula is C27H22BrClFN5O2S. The average Bonchev–Trinajstić information content (AvgIpc) is 3.33. The number of hydrogen-bond acceptors (Lipinski definition) is 5. The summed E-state index contributed by atoms with van der Waals surface area (Å²) in [6, 6.07) is 19.5. The van der Waals surface area contributed by atoms with Gasteiger partial charge in [-0.2, -0.15) is 0 Å². The number of aryl methyl sites for hydroxylation is 1. The molecule has 0 atom stereocenters. The molecule has 0 fully saturated rings. The average molecular weight is 615 g/mol. The van der Waals surface area contributed by atoms with Crippen LogP contribution in [0.4, 0.5) is 10.1 Å². The second kappa shape index (κ2) is 11.7. The van der Waals surface area contributed by atoms with Gasteiger partial charge in [0, 0.05) is 22.4 Å². The first kappa shape index (κ1) is 26.4. The number of fused-ring (bicyclic) bond motifs is 1. The first-order valence-corrected chi connectivity index (χ1v) is 14.0. The number of halogens is 3. The van der Waals surface area contributed by atoms with Crippen LogP contribution in [-0.2, 0) is 17.8 Å². The van der Waals surface area contributed by atoms with Gasteiger partial charge in [-0.05, 0) is 60.9 Å². The van der Waals surface area contributed by atoms with Gasteiger partial charge >= 0.3 is 0 Å². The highest BCUT2D eigenvalue weighted by Crippen LogP contribution is 2.29. The Balaban J connectivity index is 1.36. The standard InChI is InChI=1S/C27H22BrClFN5O2S/c28-18-10-12-19(13-11-18)35-23(15-31-26(37)25-20(29)7-3-8-21(25)30)32-33-27(35)38-16-24(36)34-14-4-6-17-5-1-2-9-22(17)34/h1-3,5,7-13H,4,6,14-16H2,(H,31,37). The topological polar surface area (TPSA) is 80.1 Å². The number of rotatable bonds is 7. The largest absolute Gasteiger partial charge is 0.345 e. The van der Waals surface area contributed by atoms with E-state index < -0.39 is 11.7 Å². The Kier molecular flexibility index (Phi) is 8.11. The fourth-order valence-electron chi connectivity index (χ4n) is 4.32. The van der Waals surface area contributed by atoms with Crippen molar-refractivity contribution in [2.45, 2.75) is 24.5 Å². The Morgan fingerprint density at radius 3 is 2.63 bits per heavy atom. The number of nitrogens with one attached hydrogen (secondary N) is 1. The number of hydrogen-bond donors (Lipinski definition) is 1. The number of benzene rings is 3. The predicted molar refractivity (Wildman–Crippen MR) is 149 cm³/mol. The molecule has 4 aromatic rings. The van der Waals surface area contributed by atoms with Crippen LogP contribution < -0.4 is 10.2 Å². The van der Waals surface area contributed by atoms with E-state index in [4.69, 9.17) is 11.6 Å². The lowest BCUT2D eigenvalue weighted by Gasteiger charge is -2.29. The lowest BCUT2D eigenvalue weighted by molar-refractivity contribution is -0.116. The number of carbonyl (C=O) groups excluding carboxylic acids is 2. The monoisotopic (exact) mass is 613 g/mol. The number of carbonyl (C=O) groups is 2. The van der Waals surface area contributed by atoms with Crippen LogP contribution in [-0.4, -0.2) is 38.9 Å². The molecule has 5 rings (SSSR count). The molecule has 0 spiro atoms. The van der Waals surface area contributed by atoms with E-state index in [2.05, 4.69) is 37.5 Å². The maximum Gasteiger partial charge on any atom is 0.256 e. The van der Waals surface area contributed by atoms with Crippen LogP contribution in [0, 0.1) is 5.82 Å². The molecule has 0 aliphatic carbocycles. The lowest BCUT2D eigenvalue weighted by atomic mass is 10.0. The maximum absolute atomic E-state index is 14.2. The number of aromatic nitrogens is 3. The Labute approximate surface area is 236 Å². The number of thioether (sulfide) groups is 1. The highest BCUT2D eigenvalue weighted by molar-refractivity contribution is 9.10. The van der Waals surface area contributed by atoms with Gasteiger partial charge in [-0.15, -0.1) is 10.2 Å². The van der Waals surface area contributed by atoms with Gasteiger partial charge in [0.2, 0.25) is 5.91 Å². The van der Waals surface area contributed by atoms with Crippen molar-refractivity contribution in [1.82, 2.24) is 20.1 Å². The summed E-state index contributed by atoms with van der Waals surface area (Å²) >= 11 is 10.8. The van der Waals surface area contributed by atoms with E-state index in [1.165, 1.54) is 35.5 Å². The van der Waals surface area contributed by atoms with Gasteiger partial charge in [0.25, 0.3) is 5.91 Å². The lowest BCUT2D eigenvalue weighted by Crippen LogP contribution is -2.36. The summed E-state index contributed by atoms with van der Waals surface area (Å²) in [4.78, 5) is 27.7. The highest BCUT2D eigenvalue weighted by Gasteiger charge is 2.24. The van der Waals surface area contributed by atoms with Crippen LogP contribution in [0.15, 0.2) is 76.4 Å². The van der Waals surface area contributed by atoms with E-state index in [0.717, 1.165) is 28.7 Å². The van der Waals surface area contributed by atoms with Crippen molar-refractivity contribution in [3.63, 3.8) is 0 Å². The number of para-hydroxylation sites is 1. The molecule has 1 aliphatic rings. The van der Waals surface area contributed by atoms with E-state index in [1.807, 2.05) is 47.4 Å². The molecule has 1 aromatic heterocycles. The second-order valence-corrected chi connectivity index (χ2v) is 10.8. The van der Waals surface area contributed by atoms with Gasteiger partial charge in [-0.3, -0.25) is 14.2 Å². The van der Waals surface area contributed by atoms with Gasteiger partial charge in [-0.1, -0.05) is 63.6 Å². The Morgan fingerprint density at radius 1 is 1.05 bits per heavy atom. The molecule has 0 saturated carbocycles. The molecule has 2 heterocycles. The first-order valence-electron chi connectivity index (χ1n) is 11.9. The molecule has 7 nitrogen and oxygen atoms in total. The minimum absolute atomic E-state index is 0.0171. The first-order chi connectivity index (χ1) is 18.4. The Bertz CT molecular complexity index is 1480. The third kappa shape index (κ3) is 5.62. The minimum atomic E-state index is -0.710. The molecular weight excluding hydrogens is 593 g/mol. The van der Waals surface area contributed by atoms with Gasteiger partial charge < -0.3 is 10.2 Å². The summed E-state index contributed by atoms with van der Waals surface area (Å²) in [5.74, 6) is -0.798. The smallest absolute Gasteiger partial charge is 0.256 e. The Morgan fingerprint density at radius 2 is 1.84 bits per heavy atom. The molecule has 1 N–H and O–H groups in total. The van der Waals surface area contributed by atoms with E-state index in [9.17, 15) is 14.0 Å². The fourth-order valence-corrected chi connectivity index (χ4v) is 5.68. The molecule has 0 saturated heterocycles. The van der Waals surface area contributed by atoms with E-state index in [0.29, 0.717) is 17.5 Å². The zero-order valence-corrected chi connectivity index (χ0v) is 23.2. The van der Waals surface area contributed by atoms with Crippen LogP contribution in [0.5, 0.6) is 0 Å². The number of anilines is 1. The molecule has 0 unspecified atom stereocenters. The van der Waals surface area contributed by atoms with E-state index in [-0.39, 0.29) is 28.8 Å². The third-order valence-corrected chi connectivity index (χ3v) is 7.88. The quantitative estimate of drug-likeness (QED) is 0.265. The summed E-state index contributed by atoms with van der Waals surface area (Å²) in [6.07, 6.45) is 1.87. The highest BCUT2D eigenvalue weighted by atomic mass is 79.9. The molecule has 1 aliphatic heterocycles. The molecule has 2 amide bonds. The van der Waals surface area contributed by atoms with Crippen molar-refractivity contribution in [2.24, 2.45) is 0 Å². The van der Waals surface area contributed by atoms with E-state index in [1.54, 1.807) is 4.57 Å². The van der Waals surface area contributed by atoms with E-state index >= 15 is 0 Å². The SMILES string of the molecule is O=C(NCc1nnc(SCC(=O)N2CCCc3ccccc32)n1-c1ccc(Br)cc1)c1c(F)cccc1Cl. The fraction of sp³-hybridized carbons (Fsp3) is 0.185. The molecule has 38 heavy (non-hydrogen) atoms. The zero-order valence-electron chi connectivity index (χ0n) is 20.0. The summed E-state index contributed by atoms with van der Waals surface area (Å²) in [6.45, 7) is 0.645. The molecule has 0 radical (unpaired) electrons. The molecule has 11 heteroatoms. The Hall–Kier alpha value is -3.21. The minimum Gasteiger partial charge on any atom is -0.345 e. The third-order valence-electron chi connectivity index (χ3n) is 6.12. The van der Waals surface area contributed by atoms with Crippen molar-refractivity contribution in [3.8, 4) is 5.69 Å². The molecule has 3 aromatic carbocycles. The number of amides is 2. The van der Waals surface area contributed by atoms with Crippen LogP contribution >= 0.6 is 39.3 Å². The van der Waals surface area contributed by atoms with Crippen molar-refractivity contribution in [2.75, 3.05) is 17.2 Å². The van der Waals surface area contributed by atoms with Crippen LogP contribution in [0.1, 0.15) is 28.2 Å². The summed E-state index contributed by atoms with van der Waals surface area (Å²) in [7, 11) is 0. The van der Waals surface area contributed by atoms with Crippen LogP contribution in [0.2, 0.25) is 5.02 Å². The van der Waals surface area contributed by atoms with Gasteiger partial charge in [0.15, 0.2) is 11.0 Å². The normalized spacial score (nSPS) is 12.8. The van der Waals surface area contributed by atoms with Crippen molar-refractivity contribution < 1.29 is 14.0 Å². The second-order valence-electron chi connectivity index (χ2n) is 8.56. The predicted octanol–water partition coefficient (Wildman–Crippen LogP) is 5.82. The molecule has 194 valence electrons. The summed E-state index contributed by atoms with van der Waals surface area (Å²) in [5.41, 5.74) is 2.65. The molecule has 0 bridgehead atoms. The van der Waals surface area contributed by atoms with Crippen LogP contribution in [0.25, 0.3) is 5.69 Å².